The van der Waals surface area contributed by atoms with Crippen LogP contribution in [0.2, 0.25) is 0 Å². The van der Waals surface area contributed by atoms with Crippen LogP contribution in [0.15, 0.2) is 84.9 Å². The second-order valence-corrected chi connectivity index (χ2v) is 8.64. The molecule has 0 saturated carbocycles. The Morgan fingerprint density at radius 1 is 0.889 bits per heavy atom. The van der Waals surface area contributed by atoms with Gasteiger partial charge in [-0.1, -0.05) is 60.7 Å². The van der Waals surface area contributed by atoms with Gasteiger partial charge in [0.2, 0.25) is 0 Å². The van der Waals surface area contributed by atoms with E-state index in [1.54, 1.807) is 6.07 Å². The molecule has 0 unspecified atom stereocenters. The van der Waals surface area contributed by atoms with Gasteiger partial charge >= 0.3 is 5.97 Å². The van der Waals surface area contributed by atoms with Crippen LogP contribution in [-0.2, 0) is 11.3 Å². The number of hydrogen-bond donors (Lipinski definition) is 2. The summed E-state index contributed by atoms with van der Waals surface area (Å²) in [5.41, 5.74) is 4.10. The number of phenolic OH excluding ortho intramolecular Hbond substituents is 1. The van der Waals surface area contributed by atoms with Gasteiger partial charge in [0.1, 0.15) is 11.3 Å². The molecule has 1 heterocycles. The van der Waals surface area contributed by atoms with Crippen molar-refractivity contribution in [3.8, 4) is 5.75 Å². The molecule has 5 rings (SSSR count). The van der Waals surface area contributed by atoms with Crippen LogP contribution in [0, 0.1) is 6.92 Å². The predicted molar refractivity (Wildman–Crippen MR) is 142 cm³/mol. The van der Waals surface area contributed by atoms with Crippen LogP contribution in [0.3, 0.4) is 0 Å². The summed E-state index contributed by atoms with van der Waals surface area (Å²) in [6, 6.07) is 26.5. The molecule has 4 aromatic carbocycles. The number of nitrogens with one attached hydrogen (secondary N) is 1. The number of ether oxygens (including phenoxy) is 1. The fourth-order valence-corrected chi connectivity index (χ4v) is 4.80. The number of aromatic nitrogens is 1. The van der Waals surface area contributed by atoms with E-state index in [1.807, 2.05) is 73.7 Å². The summed E-state index contributed by atoms with van der Waals surface area (Å²) in [5.74, 6) is -0.718. The minimum Gasteiger partial charge on any atom is -0.507 e. The Labute approximate surface area is 208 Å². The molecule has 6 heteroatoms. The van der Waals surface area contributed by atoms with Crippen LogP contribution >= 0.6 is 0 Å². The molecule has 0 spiro atoms. The fraction of sp³-hybridized carbons (Fsp3) is 0.133. The summed E-state index contributed by atoms with van der Waals surface area (Å²) >= 11 is 0. The van der Waals surface area contributed by atoms with Crippen molar-refractivity contribution in [2.75, 3.05) is 19.0 Å². The first-order valence-corrected chi connectivity index (χ1v) is 11.7. The van der Waals surface area contributed by atoms with Crippen molar-refractivity contribution in [3.63, 3.8) is 0 Å². The number of hydrogen-bond acceptors (Lipinski definition) is 5. The third-order valence-electron chi connectivity index (χ3n) is 6.56. The number of benzene rings is 4. The number of nitrogens with zero attached hydrogens (tertiary/aromatic N) is 1. The molecule has 0 amide bonds. The van der Waals surface area contributed by atoms with E-state index < -0.39 is 5.97 Å². The Kier molecular flexibility index (Phi) is 6.17. The first kappa shape index (κ1) is 23.2. The molecule has 36 heavy (non-hydrogen) atoms. The van der Waals surface area contributed by atoms with Crippen molar-refractivity contribution in [3.05, 3.63) is 107 Å². The van der Waals surface area contributed by atoms with E-state index in [2.05, 4.69) is 14.6 Å². The molecule has 5 aromatic rings. The summed E-state index contributed by atoms with van der Waals surface area (Å²) in [5, 5.41) is 16.3. The topological polar surface area (TPSA) is 80.6 Å². The maximum atomic E-state index is 13.9. The summed E-state index contributed by atoms with van der Waals surface area (Å²) < 4.78 is 6.82. The SMILES string of the molecule is COC(=O)c1ccc(NCCn2c(C)c(C(=O)c3cccc4ccccc34)c3ccccc32)cc1O. The lowest BCUT2D eigenvalue weighted by atomic mass is 9.95. The number of esters is 1. The highest BCUT2D eigenvalue weighted by Crippen LogP contribution is 2.30. The van der Waals surface area contributed by atoms with Crippen molar-refractivity contribution in [2.24, 2.45) is 0 Å². The number of fused-ring (bicyclic) bond motifs is 2. The Morgan fingerprint density at radius 3 is 2.39 bits per heavy atom. The van der Waals surface area contributed by atoms with Crippen molar-refractivity contribution in [1.82, 2.24) is 4.57 Å². The molecule has 2 N–H and O–H groups in total. The Bertz CT molecular complexity index is 1610. The van der Waals surface area contributed by atoms with Crippen LogP contribution in [0.4, 0.5) is 5.69 Å². The van der Waals surface area contributed by atoms with Crippen LogP contribution in [0.1, 0.15) is 32.0 Å². The third-order valence-corrected chi connectivity index (χ3v) is 6.56. The van der Waals surface area contributed by atoms with Gasteiger partial charge in [0.25, 0.3) is 0 Å². The van der Waals surface area contributed by atoms with E-state index in [4.69, 9.17) is 0 Å². The van der Waals surface area contributed by atoms with Gasteiger partial charge in [-0.3, -0.25) is 4.79 Å². The first-order chi connectivity index (χ1) is 17.5. The standard InChI is InChI=1S/C30H26N2O4/c1-19-28(29(34)23-12-7-9-20-8-3-4-10-22(20)23)24-11-5-6-13-26(24)32(19)17-16-31-21-14-15-25(27(33)18-21)30(35)36-2/h3-15,18,31,33H,16-17H2,1-2H3. The van der Waals surface area contributed by atoms with Gasteiger partial charge in [0.05, 0.1) is 12.7 Å². The molecule has 6 nitrogen and oxygen atoms in total. The van der Waals surface area contributed by atoms with Crippen LogP contribution < -0.4 is 5.32 Å². The van der Waals surface area contributed by atoms with Gasteiger partial charge in [-0.25, -0.2) is 4.79 Å². The van der Waals surface area contributed by atoms with Gasteiger partial charge in [0, 0.05) is 47.0 Å². The molecular formula is C30H26N2O4. The Hall–Kier alpha value is -4.58. The zero-order valence-corrected chi connectivity index (χ0v) is 20.1. The molecule has 0 fully saturated rings. The maximum Gasteiger partial charge on any atom is 0.341 e. The second-order valence-electron chi connectivity index (χ2n) is 8.64. The van der Waals surface area contributed by atoms with Gasteiger partial charge in [0.15, 0.2) is 5.78 Å². The third kappa shape index (κ3) is 4.07. The lowest BCUT2D eigenvalue weighted by Gasteiger charge is -2.12. The molecule has 0 aliphatic heterocycles. The van der Waals surface area contributed by atoms with Crippen LogP contribution in [-0.4, -0.2) is 35.1 Å². The number of carbonyl (C=O) groups is 2. The molecule has 0 bridgehead atoms. The summed E-state index contributed by atoms with van der Waals surface area (Å²) in [6.07, 6.45) is 0. The first-order valence-electron chi connectivity index (χ1n) is 11.7. The number of ketones is 1. The Balaban J connectivity index is 1.45. The average molecular weight is 479 g/mol. The summed E-state index contributed by atoms with van der Waals surface area (Å²) in [4.78, 5) is 25.6. The zero-order chi connectivity index (χ0) is 25.2. The highest BCUT2D eigenvalue weighted by Gasteiger charge is 2.22. The highest BCUT2D eigenvalue weighted by molar-refractivity contribution is 6.22. The van der Waals surface area contributed by atoms with Crippen LogP contribution in [0.25, 0.3) is 21.7 Å². The molecule has 1 aromatic heterocycles. The summed E-state index contributed by atoms with van der Waals surface area (Å²) in [7, 11) is 1.27. The molecule has 180 valence electrons. The lowest BCUT2D eigenvalue weighted by Crippen LogP contribution is -2.13. The highest BCUT2D eigenvalue weighted by atomic mass is 16.5. The second kappa shape index (κ2) is 9.58. The van der Waals surface area contributed by atoms with Crippen molar-refractivity contribution >= 4 is 39.1 Å². The normalized spacial score (nSPS) is 11.1. The van der Waals surface area contributed by atoms with E-state index in [1.165, 1.54) is 19.2 Å². The fourth-order valence-electron chi connectivity index (χ4n) is 4.80. The molecule has 0 saturated heterocycles. The largest absolute Gasteiger partial charge is 0.507 e. The van der Waals surface area contributed by atoms with Crippen molar-refractivity contribution in [2.45, 2.75) is 13.5 Å². The van der Waals surface area contributed by atoms with E-state index in [-0.39, 0.29) is 17.1 Å². The van der Waals surface area contributed by atoms with Crippen LogP contribution in [0.5, 0.6) is 5.75 Å². The molecular weight excluding hydrogens is 452 g/mol. The number of aromatic hydroxyl groups is 1. The van der Waals surface area contributed by atoms with Crippen molar-refractivity contribution < 1.29 is 19.4 Å². The lowest BCUT2D eigenvalue weighted by molar-refractivity contribution is 0.0597. The predicted octanol–water partition coefficient (Wildman–Crippen LogP) is 5.94. The molecule has 0 radical (unpaired) electrons. The average Bonchev–Trinajstić information content (AvgIpc) is 3.18. The number of para-hydroxylation sites is 1. The number of phenols is 1. The minimum absolute atomic E-state index is 0.00975. The molecule has 0 atom stereocenters. The number of methoxy groups -OCH3 is 1. The Morgan fingerprint density at radius 2 is 1.61 bits per heavy atom. The minimum atomic E-state index is -0.586. The molecule has 0 aliphatic rings. The van der Waals surface area contributed by atoms with Gasteiger partial charge in [-0.15, -0.1) is 0 Å². The number of carbonyl (C=O) groups excluding carboxylic acids is 2. The maximum absolute atomic E-state index is 13.9. The van der Waals surface area contributed by atoms with E-state index in [0.717, 1.165) is 27.4 Å². The van der Waals surface area contributed by atoms with Gasteiger partial charge < -0.3 is 19.7 Å². The quantitative estimate of drug-likeness (QED) is 0.224. The zero-order valence-electron chi connectivity index (χ0n) is 20.1. The van der Waals surface area contributed by atoms with E-state index in [9.17, 15) is 14.7 Å². The van der Waals surface area contributed by atoms with E-state index in [0.29, 0.717) is 29.9 Å². The van der Waals surface area contributed by atoms with Gasteiger partial charge in [-0.2, -0.15) is 0 Å². The number of anilines is 1. The number of rotatable bonds is 7. The van der Waals surface area contributed by atoms with Crippen molar-refractivity contribution in [1.29, 1.82) is 0 Å². The van der Waals surface area contributed by atoms with E-state index >= 15 is 0 Å². The summed E-state index contributed by atoms with van der Waals surface area (Å²) in [6.45, 7) is 3.14. The van der Waals surface area contributed by atoms with Gasteiger partial charge in [-0.05, 0) is 35.9 Å². The molecule has 0 aliphatic carbocycles. The smallest absolute Gasteiger partial charge is 0.341 e. The monoisotopic (exact) mass is 478 g/mol.